The van der Waals surface area contributed by atoms with Crippen molar-refractivity contribution in [1.82, 2.24) is 9.78 Å². The lowest BCUT2D eigenvalue weighted by molar-refractivity contribution is -0.121. The summed E-state index contributed by atoms with van der Waals surface area (Å²) in [6.45, 7) is 0.00923. The molecule has 6 heteroatoms. The monoisotopic (exact) mass is 269 g/mol. The molecule has 100 valence electrons. The number of nitrogens with zero attached hydrogens (tertiary/aromatic N) is 3. The van der Waals surface area contributed by atoms with Gasteiger partial charge >= 0.3 is 0 Å². The first-order valence-electron chi connectivity index (χ1n) is 6.12. The van der Waals surface area contributed by atoms with Crippen LogP contribution in [0.2, 0.25) is 0 Å². The second-order valence-corrected chi connectivity index (χ2v) is 4.49. The molecule has 1 fully saturated rings. The van der Waals surface area contributed by atoms with Crippen LogP contribution in [0.3, 0.4) is 0 Å². The zero-order chi connectivity index (χ0) is 14.1. The maximum Gasteiger partial charge on any atom is 0.273 e. The highest BCUT2D eigenvalue weighted by atomic mass is 16.2. The van der Waals surface area contributed by atoms with Gasteiger partial charge in [0.15, 0.2) is 5.78 Å². The van der Waals surface area contributed by atoms with Crippen molar-refractivity contribution in [2.45, 2.75) is 6.42 Å². The van der Waals surface area contributed by atoms with E-state index in [2.05, 4.69) is 5.10 Å². The molecule has 3 rings (SSSR count). The van der Waals surface area contributed by atoms with Gasteiger partial charge in [0.2, 0.25) is 5.91 Å². The number of rotatable bonds is 2. The molecule has 6 nitrogen and oxygen atoms in total. The van der Waals surface area contributed by atoms with Crippen molar-refractivity contribution in [1.29, 1.82) is 0 Å². The summed E-state index contributed by atoms with van der Waals surface area (Å²) in [7, 11) is 0. The zero-order valence-corrected chi connectivity index (χ0v) is 10.5. The van der Waals surface area contributed by atoms with Crippen LogP contribution in [-0.4, -0.2) is 28.0 Å². The molecular weight excluding hydrogens is 258 g/mol. The fraction of sp³-hybridized carbons (Fsp3) is 0.143. The Hall–Kier alpha value is -2.76. The number of carbonyl (C=O) groups excluding carboxylic acids is 2. The van der Waals surface area contributed by atoms with E-state index in [-0.39, 0.29) is 30.2 Å². The van der Waals surface area contributed by atoms with Gasteiger partial charge in [-0.2, -0.15) is 9.78 Å². The van der Waals surface area contributed by atoms with E-state index in [1.54, 1.807) is 24.3 Å². The Morgan fingerprint density at radius 2 is 1.75 bits per heavy atom. The molecule has 0 aliphatic carbocycles. The number of para-hydroxylation sites is 1. The summed E-state index contributed by atoms with van der Waals surface area (Å²) in [5.41, 5.74) is 0.659. The molecule has 1 aromatic heterocycles. The molecular formula is C14H11N3O3. The molecule has 0 unspecified atom stereocenters. The van der Waals surface area contributed by atoms with Gasteiger partial charge in [-0.05, 0) is 12.1 Å². The van der Waals surface area contributed by atoms with Crippen LogP contribution in [0.5, 0.6) is 0 Å². The molecule has 2 heterocycles. The van der Waals surface area contributed by atoms with Gasteiger partial charge in [-0.25, -0.2) is 0 Å². The van der Waals surface area contributed by atoms with E-state index in [0.717, 1.165) is 0 Å². The van der Waals surface area contributed by atoms with E-state index >= 15 is 0 Å². The van der Waals surface area contributed by atoms with Crippen LogP contribution in [0.4, 0.5) is 5.69 Å². The van der Waals surface area contributed by atoms with Gasteiger partial charge in [0.1, 0.15) is 0 Å². The highest BCUT2D eigenvalue weighted by Crippen LogP contribution is 2.17. The minimum Gasteiger partial charge on any atom is -0.303 e. The van der Waals surface area contributed by atoms with Crippen molar-refractivity contribution < 1.29 is 9.59 Å². The van der Waals surface area contributed by atoms with Crippen molar-refractivity contribution in [3.63, 3.8) is 0 Å². The maximum atomic E-state index is 12.1. The molecule has 1 aliphatic heterocycles. The minimum atomic E-state index is -0.346. The maximum absolute atomic E-state index is 12.1. The Morgan fingerprint density at radius 1 is 1.00 bits per heavy atom. The highest BCUT2D eigenvalue weighted by molar-refractivity contribution is 6.14. The standard InChI is InChI=1S/C14H11N3O3/c18-12-7-13(19)16(9-12)11-6-14(20)17(15-8-11)10-4-2-1-3-5-10/h1-6,8H,7,9H2. The van der Waals surface area contributed by atoms with E-state index in [0.29, 0.717) is 11.4 Å². The van der Waals surface area contributed by atoms with Crippen LogP contribution < -0.4 is 10.5 Å². The molecule has 0 N–H and O–H groups in total. The number of hydrogen-bond donors (Lipinski definition) is 0. The van der Waals surface area contributed by atoms with Crippen molar-refractivity contribution >= 4 is 17.4 Å². The number of anilines is 1. The summed E-state index contributed by atoms with van der Waals surface area (Å²) in [5, 5.41) is 4.05. The van der Waals surface area contributed by atoms with E-state index in [4.69, 9.17) is 0 Å². The number of ketones is 1. The smallest absolute Gasteiger partial charge is 0.273 e. The molecule has 1 aromatic carbocycles. The Kier molecular flexibility index (Phi) is 2.90. The van der Waals surface area contributed by atoms with Gasteiger partial charge in [-0.1, -0.05) is 18.2 Å². The Balaban J connectivity index is 1.98. The molecule has 20 heavy (non-hydrogen) atoms. The van der Waals surface area contributed by atoms with E-state index < -0.39 is 0 Å². The van der Waals surface area contributed by atoms with Crippen molar-refractivity contribution in [2.75, 3.05) is 11.4 Å². The molecule has 0 bridgehead atoms. The fourth-order valence-electron chi connectivity index (χ4n) is 2.13. The summed E-state index contributed by atoms with van der Waals surface area (Å²) in [6.07, 6.45) is 1.31. The Morgan fingerprint density at radius 3 is 2.35 bits per heavy atom. The van der Waals surface area contributed by atoms with Gasteiger partial charge in [-0.3, -0.25) is 14.4 Å². The topological polar surface area (TPSA) is 72.3 Å². The largest absolute Gasteiger partial charge is 0.303 e. The van der Waals surface area contributed by atoms with Crippen LogP contribution in [0.25, 0.3) is 5.69 Å². The van der Waals surface area contributed by atoms with Crippen LogP contribution in [0, 0.1) is 0 Å². The van der Waals surface area contributed by atoms with Gasteiger partial charge in [0.25, 0.3) is 5.56 Å². The first-order chi connectivity index (χ1) is 9.65. The number of hydrogen-bond acceptors (Lipinski definition) is 4. The second kappa shape index (κ2) is 4.73. The summed E-state index contributed by atoms with van der Waals surface area (Å²) < 4.78 is 1.24. The summed E-state index contributed by atoms with van der Waals surface area (Å²) in [6, 6.07) is 10.3. The lowest BCUT2D eigenvalue weighted by atomic mass is 10.3. The third-order valence-electron chi connectivity index (χ3n) is 3.08. The minimum absolute atomic E-state index is 0.00923. The van der Waals surface area contributed by atoms with Crippen molar-refractivity contribution in [2.24, 2.45) is 0 Å². The number of aromatic nitrogens is 2. The van der Waals surface area contributed by atoms with Crippen molar-refractivity contribution in [3.05, 3.63) is 52.9 Å². The lowest BCUT2D eigenvalue weighted by Crippen LogP contribution is -2.28. The predicted octanol–water partition coefficient (Wildman–Crippen LogP) is 0.538. The lowest BCUT2D eigenvalue weighted by Gasteiger charge is -2.14. The number of benzene rings is 1. The van der Waals surface area contributed by atoms with E-state index in [9.17, 15) is 14.4 Å². The molecule has 0 spiro atoms. The first-order valence-corrected chi connectivity index (χ1v) is 6.12. The van der Waals surface area contributed by atoms with Crippen LogP contribution >= 0.6 is 0 Å². The summed E-state index contributed by atoms with van der Waals surface area (Å²) >= 11 is 0. The molecule has 0 atom stereocenters. The van der Waals surface area contributed by atoms with E-state index in [1.807, 2.05) is 6.07 Å². The quantitative estimate of drug-likeness (QED) is 0.746. The van der Waals surface area contributed by atoms with Gasteiger partial charge < -0.3 is 4.90 Å². The first kappa shape index (κ1) is 12.3. The highest BCUT2D eigenvalue weighted by Gasteiger charge is 2.29. The molecule has 0 saturated carbocycles. The van der Waals surface area contributed by atoms with Crippen LogP contribution in [0.15, 0.2) is 47.4 Å². The zero-order valence-electron chi connectivity index (χ0n) is 10.5. The fourth-order valence-corrected chi connectivity index (χ4v) is 2.13. The van der Waals surface area contributed by atoms with Crippen LogP contribution in [-0.2, 0) is 9.59 Å². The normalized spacial score (nSPS) is 14.9. The van der Waals surface area contributed by atoms with Gasteiger partial charge in [-0.15, -0.1) is 0 Å². The average molecular weight is 269 g/mol. The van der Waals surface area contributed by atoms with Gasteiger partial charge in [0, 0.05) is 6.07 Å². The van der Waals surface area contributed by atoms with Crippen molar-refractivity contribution in [3.8, 4) is 5.69 Å². The third kappa shape index (κ3) is 2.11. The molecule has 1 aliphatic rings. The SMILES string of the molecule is O=C1CC(=O)N(c2cnn(-c3ccccc3)c(=O)c2)C1. The second-order valence-electron chi connectivity index (χ2n) is 4.49. The Labute approximate surface area is 114 Å². The van der Waals surface area contributed by atoms with Gasteiger partial charge in [0.05, 0.1) is 30.5 Å². The number of amides is 1. The molecule has 1 saturated heterocycles. The predicted molar refractivity (Wildman–Crippen MR) is 71.8 cm³/mol. The number of Topliss-reactive ketones (excluding diaryl/α,β-unsaturated/α-hetero) is 1. The number of carbonyl (C=O) groups is 2. The summed E-state index contributed by atoms with van der Waals surface area (Å²) in [5.74, 6) is -0.448. The Bertz CT molecular complexity index is 737. The molecule has 1 amide bonds. The molecule has 0 radical (unpaired) electrons. The summed E-state index contributed by atoms with van der Waals surface area (Å²) in [4.78, 5) is 36.2. The van der Waals surface area contributed by atoms with E-state index in [1.165, 1.54) is 21.8 Å². The third-order valence-corrected chi connectivity index (χ3v) is 3.08. The average Bonchev–Trinajstić information content (AvgIpc) is 2.78. The van der Waals surface area contributed by atoms with Crippen LogP contribution in [0.1, 0.15) is 6.42 Å². The molecule has 2 aromatic rings.